The summed E-state index contributed by atoms with van der Waals surface area (Å²) in [5.41, 5.74) is 9.93. The van der Waals surface area contributed by atoms with Crippen molar-refractivity contribution in [2.45, 2.75) is 31.3 Å². The van der Waals surface area contributed by atoms with Gasteiger partial charge in [-0.2, -0.15) is 0 Å². The highest BCUT2D eigenvalue weighted by atomic mass is 32.1. The third-order valence-corrected chi connectivity index (χ3v) is 6.33. The number of hydrogen-bond donors (Lipinski definition) is 6. The SMILES string of the molecule is COC(=O)CC[C@](Cc1cccc(C(=N)N)c1)(NC(=O)OC)C(=O)NCC(=O)NCc1cnc(C(N)=O)s1. The molecule has 0 aliphatic carbocycles. The highest BCUT2D eigenvalue weighted by Crippen LogP contribution is 2.22. The van der Waals surface area contributed by atoms with Crippen molar-refractivity contribution in [3.8, 4) is 0 Å². The minimum atomic E-state index is -1.73. The van der Waals surface area contributed by atoms with Crippen molar-refractivity contribution < 1.29 is 33.4 Å². The van der Waals surface area contributed by atoms with Crippen molar-refractivity contribution >= 4 is 47.0 Å². The van der Waals surface area contributed by atoms with Gasteiger partial charge in [0.2, 0.25) is 11.8 Å². The van der Waals surface area contributed by atoms with Gasteiger partial charge >= 0.3 is 12.1 Å². The van der Waals surface area contributed by atoms with Crippen LogP contribution < -0.4 is 27.4 Å². The van der Waals surface area contributed by atoms with Crippen molar-refractivity contribution in [2.75, 3.05) is 20.8 Å². The summed E-state index contributed by atoms with van der Waals surface area (Å²) in [6.07, 6.45) is -0.0855. The number of thiazole rings is 1. The van der Waals surface area contributed by atoms with Crippen molar-refractivity contribution in [2.24, 2.45) is 11.5 Å². The van der Waals surface area contributed by atoms with E-state index in [4.69, 9.17) is 21.6 Å². The molecule has 4 amide bonds. The van der Waals surface area contributed by atoms with E-state index in [-0.39, 0.29) is 36.7 Å². The van der Waals surface area contributed by atoms with Crippen LogP contribution in [0, 0.1) is 5.41 Å². The third-order valence-electron chi connectivity index (χ3n) is 5.32. The van der Waals surface area contributed by atoms with Gasteiger partial charge in [-0.3, -0.25) is 24.6 Å². The maximum atomic E-state index is 13.5. The van der Waals surface area contributed by atoms with Crippen molar-refractivity contribution in [1.82, 2.24) is 20.9 Å². The number of aromatic nitrogens is 1. The fourth-order valence-electron chi connectivity index (χ4n) is 3.39. The van der Waals surface area contributed by atoms with Gasteiger partial charge in [-0.15, -0.1) is 11.3 Å². The molecule has 0 unspecified atom stereocenters. The second kappa shape index (κ2) is 13.7. The molecule has 38 heavy (non-hydrogen) atoms. The first kappa shape index (κ1) is 29.7. The molecule has 2 aromatic rings. The standard InChI is InChI=1S/C23H29N7O7S/c1-36-17(32)6-7-23(30-22(35)37-2,9-13-4-3-5-14(8-13)18(24)25)21(34)29-12-16(31)27-10-15-11-28-20(38-15)19(26)33/h3-5,8,11H,6-7,9-10,12H2,1-2H3,(H3,24,25)(H2,26,33)(H,27,31)(H,29,34)(H,30,35)/t23-/m1/s1. The van der Waals surface area contributed by atoms with E-state index in [0.717, 1.165) is 18.4 Å². The van der Waals surface area contributed by atoms with Crippen LogP contribution in [-0.2, 0) is 36.8 Å². The first-order chi connectivity index (χ1) is 18.0. The Morgan fingerprint density at radius 2 is 1.84 bits per heavy atom. The van der Waals surface area contributed by atoms with Crippen LogP contribution in [0.3, 0.4) is 0 Å². The van der Waals surface area contributed by atoms with Crippen LogP contribution in [0.4, 0.5) is 4.79 Å². The van der Waals surface area contributed by atoms with Crippen LogP contribution in [0.1, 0.15) is 38.6 Å². The number of methoxy groups -OCH3 is 2. The average molecular weight is 548 g/mol. The summed E-state index contributed by atoms with van der Waals surface area (Å²) in [7, 11) is 2.30. The molecule has 0 saturated carbocycles. The number of benzene rings is 1. The van der Waals surface area contributed by atoms with Crippen LogP contribution in [0.5, 0.6) is 0 Å². The maximum Gasteiger partial charge on any atom is 0.407 e. The minimum absolute atomic E-state index is 0.0470. The summed E-state index contributed by atoms with van der Waals surface area (Å²) in [5.74, 6) is -2.83. The number of carbonyl (C=O) groups excluding carboxylic acids is 5. The molecule has 0 aliphatic heterocycles. The monoisotopic (exact) mass is 547 g/mol. The number of ether oxygens (including phenoxy) is 2. The molecule has 204 valence electrons. The maximum absolute atomic E-state index is 13.5. The van der Waals surface area contributed by atoms with E-state index in [1.165, 1.54) is 13.3 Å². The van der Waals surface area contributed by atoms with E-state index >= 15 is 0 Å². The second-order valence-corrected chi connectivity index (χ2v) is 9.14. The van der Waals surface area contributed by atoms with Gasteiger partial charge in [0.15, 0.2) is 5.01 Å². The molecular weight excluding hydrogens is 518 g/mol. The molecule has 1 heterocycles. The molecule has 8 N–H and O–H groups in total. The van der Waals surface area contributed by atoms with Gasteiger partial charge in [-0.05, 0) is 18.1 Å². The predicted octanol–water partition coefficient (Wildman–Crippen LogP) is -0.451. The van der Waals surface area contributed by atoms with Gasteiger partial charge in [0.25, 0.3) is 5.91 Å². The van der Waals surface area contributed by atoms with E-state index in [0.29, 0.717) is 16.0 Å². The lowest BCUT2D eigenvalue weighted by Crippen LogP contribution is -2.61. The number of nitrogens with one attached hydrogen (secondary N) is 4. The second-order valence-electron chi connectivity index (χ2n) is 8.02. The lowest BCUT2D eigenvalue weighted by Gasteiger charge is -2.33. The third kappa shape index (κ3) is 8.55. The topological polar surface area (TPSA) is 229 Å². The highest BCUT2D eigenvalue weighted by Gasteiger charge is 2.41. The first-order valence-corrected chi connectivity index (χ1v) is 12.0. The van der Waals surface area contributed by atoms with Crippen LogP contribution in [0.25, 0.3) is 0 Å². The molecule has 1 aromatic carbocycles. The summed E-state index contributed by atoms with van der Waals surface area (Å²) in [6.45, 7) is -0.415. The molecule has 1 atom stereocenters. The van der Waals surface area contributed by atoms with Gasteiger partial charge < -0.3 is 36.9 Å². The van der Waals surface area contributed by atoms with Crippen molar-refractivity contribution in [3.63, 3.8) is 0 Å². The molecule has 0 saturated heterocycles. The molecule has 14 nitrogen and oxygen atoms in total. The lowest BCUT2D eigenvalue weighted by atomic mass is 9.84. The quantitative estimate of drug-likeness (QED) is 0.108. The molecular formula is C23H29N7O7S. The summed E-state index contributed by atoms with van der Waals surface area (Å²) in [5, 5.41) is 15.3. The first-order valence-electron chi connectivity index (χ1n) is 11.2. The van der Waals surface area contributed by atoms with E-state index < -0.39 is 41.9 Å². The number of nitrogen functional groups attached to an aromatic ring is 1. The largest absolute Gasteiger partial charge is 0.469 e. The Balaban J connectivity index is 2.23. The molecule has 0 fully saturated rings. The number of amidine groups is 1. The van der Waals surface area contributed by atoms with Gasteiger partial charge in [0.05, 0.1) is 27.3 Å². The summed E-state index contributed by atoms with van der Waals surface area (Å²) >= 11 is 1.02. The van der Waals surface area contributed by atoms with E-state index in [2.05, 4.69) is 25.7 Å². The van der Waals surface area contributed by atoms with Crippen molar-refractivity contribution in [3.05, 3.63) is 51.5 Å². The Morgan fingerprint density at radius 3 is 2.45 bits per heavy atom. The summed E-state index contributed by atoms with van der Waals surface area (Å²) in [4.78, 5) is 65.6. The summed E-state index contributed by atoms with van der Waals surface area (Å²) < 4.78 is 9.39. The Morgan fingerprint density at radius 1 is 1.11 bits per heavy atom. The highest BCUT2D eigenvalue weighted by molar-refractivity contribution is 7.13. The zero-order valence-electron chi connectivity index (χ0n) is 20.8. The fraction of sp³-hybridized carbons (Fsp3) is 0.348. The number of esters is 1. The van der Waals surface area contributed by atoms with Gasteiger partial charge in [-0.1, -0.05) is 18.2 Å². The molecule has 0 aliphatic rings. The number of amides is 4. The molecule has 0 radical (unpaired) electrons. The molecule has 0 spiro atoms. The van der Waals surface area contributed by atoms with Crippen molar-refractivity contribution in [1.29, 1.82) is 5.41 Å². The van der Waals surface area contributed by atoms with Crippen LogP contribution >= 0.6 is 11.3 Å². The van der Waals surface area contributed by atoms with Crippen LogP contribution in [-0.4, -0.2) is 66.9 Å². The fourth-order valence-corrected chi connectivity index (χ4v) is 4.09. The number of hydrogen-bond acceptors (Lipinski definition) is 10. The molecule has 1 aromatic heterocycles. The zero-order chi connectivity index (χ0) is 28.3. The number of nitrogens with zero attached hydrogens (tertiary/aromatic N) is 1. The lowest BCUT2D eigenvalue weighted by molar-refractivity contribution is -0.141. The van der Waals surface area contributed by atoms with Gasteiger partial charge in [0.1, 0.15) is 11.4 Å². The minimum Gasteiger partial charge on any atom is -0.469 e. The van der Waals surface area contributed by atoms with E-state index in [1.807, 2.05) is 0 Å². The Bertz CT molecular complexity index is 1220. The molecule has 15 heteroatoms. The molecule has 2 rings (SSSR count). The number of nitrogens with two attached hydrogens (primary N) is 2. The Kier molecular flexibility index (Phi) is 10.7. The number of carbonyl (C=O) groups is 5. The number of alkyl carbamates (subject to hydrolysis) is 1. The van der Waals surface area contributed by atoms with Crippen LogP contribution in [0.15, 0.2) is 30.5 Å². The van der Waals surface area contributed by atoms with Crippen LogP contribution in [0.2, 0.25) is 0 Å². The van der Waals surface area contributed by atoms with E-state index in [9.17, 15) is 24.0 Å². The van der Waals surface area contributed by atoms with Gasteiger partial charge in [0, 0.05) is 29.5 Å². The van der Waals surface area contributed by atoms with Gasteiger partial charge in [-0.25, -0.2) is 9.78 Å². The van der Waals surface area contributed by atoms with E-state index in [1.54, 1.807) is 24.3 Å². The average Bonchev–Trinajstić information content (AvgIpc) is 3.38. The number of primary amides is 1. The smallest absolute Gasteiger partial charge is 0.407 e. The normalized spacial score (nSPS) is 11.9. The molecule has 0 bridgehead atoms. The summed E-state index contributed by atoms with van der Waals surface area (Å²) in [6, 6.07) is 6.47. The Hall–Kier alpha value is -4.53. The Labute approximate surface area is 222 Å². The predicted molar refractivity (Wildman–Crippen MR) is 136 cm³/mol. The zero-order valence-corrected chi connectivity index (χ0v) is 21.6. The number of rotatable bonds is 13.